The van der Waals surface area contributed by atoms with Gasteiger partial charge in [-0.2, -0.15) is 11.8 Å². The molecule has 0 saturated heterocycles. The van der Waals surface area contributed by atoms with Gasteiger partial charge in [0.05, 0.1) is 6.04 Å². The molecule has 3 N–H and O–H groups in total. The van der Waals surface area contributed by atoms with E-state index in [9.17, 15) is 4.79 Å². The molecule has 0 aromatic carbocycles. The largest absolute Gasteiger partial charge is 0.396 e. The second-order valence-corrected chi connectivity index (χ2v) is 5.79. The Morgan fingerprint density at radius 2 is 2.06 bits per heavy atom. The van der Waals surface area contributed by atoms with Gasteiger partial charge in [-0.3, -0.25) is 4.79 Å². The van der Waals surface area contributed by atoms with E-state index in [1.165, 1.54) is 0 Å². The molecule has 18 heavy (non-hydrogen) atoms. The van der Waals surface area contributed by atoms with Crippen LogP contribution in [0.3, 0.4) is 0 Å². The molecule has 0 rings (SSSR count). The van der Waals surface area contributed by atoms with Gasteiger partial charge in [-0.1, -0.05) is 13.3 Å². The van der Waals surface area contributed by atoms with E-state index in [0.717, 1.165) is 37.3 Å². The van der Waals surface area contributed by atoms with Gasteiger partial charge in [-0.15, -0.1) is 0 Å². The summed E-state index contributed by atoms with van der Waals surface area (Å²) in [6, 6.07) is 0.119. The first-order valence-corrected chi connectivity index (χ1v) is 7.99. The fourth-order valence-electron chi connectivity index (χ4n) is 1.58. The van der Waals surface area contributed by atoms with Crippen LogP contribution in [0.1, 0.15) is 40.0 Å². The highest BCUT2D eigenvalue weighted by molar-refractivity contribution is 7.99. The summed E-state index contributed by atoms with van der Waals surface area (Å²) < 4.78 is 0. The Hall–Kier alpha value is -0.260. The number of nitrogens with one attached hydrogen (secondary N) is 2. The predicted molar refractivity (Wildman–Crippen MR) is 79.0 cm³/mol. The SMILES string of the molecule is CCCC(C)NC(=O)C(C)NCCSCCCO. The van der Waals surface area contributed by atoms with Crippen LogP contribution in [0.25, 0.3) is 0 Å². The molecule has 5 heteroatoms. The Labute approximate surface area is 115 Å². The molecular weight excluding hydrogens is 248 g/mol. The van der Waals surface area contributed by atoms with Gasteiger partial charge in [0, 0.05) is 24.9 Å². The number of rotatable bonds is 11. The Kier molecular flexibility index (Phi) is 11.6. The molecule has 0 aromatic rings. The summed E-state index contributed by atoms with van der Waals surface area (Å²) in [5.41, 5.74) is 0. The lowest BCUT2D eigenvalue weighted by molar-refractivity contribution is -0.123. The van der Waals surface area contributed by atoms with Crippen LogP contribution < -0.4 is 10.6 Å². The van der Waals surface area contributed by atoms with Crippen LogP contribution in [-0.2, 0) is 4.79 Å². The topological polar surface area (TPSA) is 61.4 Å². The van der Waals surface area contributed by atoms with E-state index in [1.54, 1.807) is 11.8 Å². The van der Waals surface area contributed by atoms with Crippen LogP contribution in [0, 0.1) is 0 Å². The highest BCUT2D eigenvalue weighted by Crippen LogP contribution is 2.00. The van der Waals surface area contributed by atoms with Gasteiger partial charge in [0.2, 0.25) is 5.91 Å². The second kappa shape index (κ2) is 11.8. The molecule has 4 nitrogen and oxygen atoms in total. The molecule has 108 valence electrons. The van der Waals surface area contributed by atoms with Crippen LogP contribution >= 0.6 is 11.8 Å². The standard InChI is InChI=1S/C13H28N2O2S/c1-4-6-11(2)15-13(17)12(3)14-7-10-18-9-5-8-16/h11-12,14,16H,4-10H2,1-3H3,(H,15,17). The van der Waals surface area contributed by atoms with Crippen molar-refractivity contribution in [1.82, 2.24) is 10.6 Å². The van der Waals surface area contributed by atoms with Crippen molar-refractivity contribution >= 4 is 17.7 Å². The fourth-order valence-corrected chi connectivity index (χ4v) is 2.38. The van der Waals surface area contributed by atoms with E-state index in [-0.39, 0.29) is 24.6 Å². The molecule has 0 aliphatic heterocycles. The van der Waals surface area contributed by atoms with Crippen molar-refractivity contribution in [3.8, 4) is 0 Å². The summed E-state index contributed by atoms with van der Waals surface area (Å²) >= 11 is 1.80. The van der Waals surface area contributed by atoms with Crippen molar-refractivity contribution in [3.63, 3.8) is 0 Å². The number of hydrogen-bond donors (Lipinski definition) is 3. The maximum atomic E-state index is 11.8. The summed E-state index contributed by atoms with van der Waals surface area (Å²) in [4.78, 5) is 11.8. The van der Waals surface area contributed by atoms with Crippen molar-refractivity contribution in [1.29, 1.82) is 0 Å². The molecule has 0 aliphatic carbocycles. The first kappa shape index (κ1) is 17.7. The minimum Gasteiger partial charge on any atom is -0.396 e. The lowest BCUT2D eigenvalue weighted by Crippen LogP contribution is -2.46. The molecule has 0 aromatic heterocycles. The molecule has 0 radical (unpaired) electrons. The zero-order chi connectivity index (χ0) is 13.8. The number of aliphatic hydroxyl groups excluding tert-OH is 1. The number of hydrogen-bond acceptors (Lipinski definition) is 4. The molecule has 0 spiro atoms. The van der Waals surface area contributed by atoms with Crippen LogP contribution in [0.15, 0.2) is 0 Å². The average Bonchev–Trinajstić information content (AvgIpc) is 2.33. The monoisotopic (exact) mass is 276 g/mol. The molecule has 0 heterocycles. The highest BCUT2D eigenvalue weighted by atomic mass is 32.2. The number of thioether (sulfide) groups is 1. The summed E-state index contributed by atoms with van der Waals surface area (Å²) in [5, 5.41) is 14.8. The highest BCUT2D eigenvalue weighted by Gasteiger charge is 2.13. The zero-order valence-corrected chi connectivity index (χ0v) is 12.7. The van der Waals surface area contributed by atoms with Crippen molar-refractivity contribution in [2.24, 2.45) is 0 Å². The summed E-state index contributed by atoms with van der Waals surface area (Å²) in [5.74, 6) is 2.03. The molecule has 0 aliphatic rings. The quantitative estimate of drug-likeness (QED) is 0.499. The van der Waals surface area contributed by atoms with Gasteiger partial charge >= 0.3 is 0 Å². The maximum absolute atomic E-state index is 11.8. The fraction of sp³-hybridized carbons (Fsp3) is 0.923. The van der Waals surface area contributed by atoms with Gasteiger partial charge in [0.25, 0.3) is 0 Å². The third-order valence-electron chi connectivity index (χ3n) is 2.65. The minimum atomic E-state index is -0.136. The predicted octanol–water partition coefficient (Wildman–Crippen LogP) is 1.38. The van der Waals surface area contributed by atoms with Crippen LogP contribution in [0.2, 0.25) is 0 Å². The van der Waals surface area contributed by atoms with Gasteiger partial charge < -0.3 is 15.7 Å². The molecule has 0 saturated carbocycles. The van der Waals surface area contributed by atoms with Crippen molar-refractivity contribution in [2.45, 2.75) is 52.1 Å². The van der Waals surface area contributed by atoms with Crippen LogP contribution in [0.4, 0.5) is 0 Å². The van der Waals surface area contributed by atoms with Gasteiger partial charge in [0.1, 0.15) is 0 Å². The minimum absolute atomic E-state index is 0.0799. The van der Waals surface area contributed by atoms with Crippen LogP contribution in [0.5, 0.6) is 0 Å². The van der Waals surface area contributed by atoms with Gasteiger partial charge in [-0.25, -0.2) is 0 Å². The summed E-state index contributed by atoms with van der Waals surface area (Å²) in [6.07, 6.45) is 2.95. The van der Waals surface area contributed by atoms with E-state index in [4.69, 9.17) is 5.11 Å². The molecule has 2 unspecified atom stereocenters. The van der Waals surface area contributed by atoms with E-state index in [2.05, 4.69) is 17.6 Å². The molecule has 0 bridgehead atoms. The maximum Gasteiger partial charge on any atom is 0.237 e. The first-order chi connectivity index (χ1) is 8.61. The Morgan fingerprint density at radius 1 is 1.33 bits per heavy atom. The number of carbonyl (C=O) groups is 1. The lowest BCUT2D eigenvalue weighted by atomic mass is 10.2. The van der Waals surface area contributed by atoms with Crippen molar-refractivity contribution in [3.05, 3.63) is 0 Å². The average molecular weight is 276 g/mol. The zero-order valence-electron chi connectivity index (χ0n) is 11.9. The molecule has 0 fully saturated rings. The first-order valence-electron chi connectivity index (χ1n) is 6.84. The molecular formula is C13H28N2O2S. The van der Waals surface area contributed by atoms with E-state index in [0.29, 0.717) is 0 Å². The second-order valence-electron chi connectivity index (χ2n) is 4.56. The van der Waals surface area contributed by atoms with E-state index in [1.807, 2.05) is 13.8 Å². The Balaban J connectivity index is 3.55. The lowest BCUT2D eigenvalue weighted by Gasteiger charge is -2.18. The molecule has 1 amide bonds. The third kappa shape index (κ3) is 9.74. The summed E-state index contributed by atoms with van der Waals surface area (Å²) in [7, 11) is 0. The number of aliphatic hydroxyl groups is 1. The number of carbonyl (C=O) groups excluding carboxylic acids is 1. The number of amides is 1. The van der Waals surface area contributed by atoms with Gasteiger partial charge in [-0.05, 0) is 32.4 Å². The van der Waals surface area contributed by atoms with E-state index >= 15 is 0 Å². The Bertz CT molecular complexity index is 215. The smallest absolute Gasteiger partial charge is 0.237 e. The normalized spacial score (nSPS) is 14.2. The summed E-state index contributed by atoms with van der Waals surface area (Å²) in [6.45, 7) is 7.14. The Morgan fingerprint density at radius 3 is 2.67 bits per heavy atom. The van der Waals surface area contributed by atoms with Crippen molar-refractivity contribution < 1.29 is 9.90 Å². The molecule has 2 atom stereocenters. The van der Waals surface area contributed by atoms with Crippen molar-refractivity contribution in [2.75, 3.05) is 24.7 Å². The van der Waals surface area contributed by atoms with Gasteiger partial charge in [0.15, 0.2) is 0 Å². The third-order valence-corrected chi connectivity index (χ3v) is 3.72. The van der Waals surface area contributed by atoms with Crippen LogP contribution in [-0.4, -0.2) is 47.8 Å². The van der Waals surface area contributed by atoms with E-state index < -0.39 is 0 Å².